The van der Waals surface area contributed by atoms with E-state index in [1.54, 1.807) is 9.80 Å². The number of halogens is 8. The molecule has 4 heterocycles. The van der Waals surface area contributed by atoms with Gasteiger partial charge in [0.15, 0.2) is 26.2 Å². The first kappa shape index (κ1) is 53.9. The molecule has 0 aliphatic carbocycles. The molecule has 0 saturated heterocycles. The number of aromatic nitrogens is 2. The van der Waals surface area contributed by atoms with Crippen molar-refractivity contribution in [2.45, 2.75) is 39.3 Å². The van der Waals surface area contributed by atoms with E-state index in [2.05, 4.69) is 91.9 Å². The zero-order valence-corrected chi connectivity index (χ0v) is 38.7. The maximum atomic E-state index is 3.59. The molecule has 2 aliphatic heterocycles. The maximum absolute atomic E-state index is 3.59. The Morgan fingerprint density at radius 1 is 0.413 bits per heavy atom. The predicted octanol–water partition coefficient (Wildman–Crippen LogP) is -30.2. The Bertz CT molecular complexity index is 1010. The minimum absolute atomic E-state index is 0. The molecule has 0 spiro atoms. The van der Waals surface area contributed by atoms with E-state index >= 15 is 0 Å². The summed E-state index contributed by atoms with van der Waals surface area (Å²) in [6, 6.07) is 22.8. The number of nitrogens with two attached hydrogens (primary N) is 4. The minimum atomic E-state index is 0. The summed E-state index contributed by atoms with van der Waals surface area (Å²) in [7, 11) is 0. The highest BCUT2D eigenvalue weighted by Gasteiger charge is 2.18. The van der Waals surface area contributed by atoms with Crippen LogP contribution >= 0.6 is 0 Å². The molecular weight excluding hydrogens is 1110 g/mol. The quantitative estimate of drug-likeness (QED) is 0.150. The standard InChI is InChI=1S/C30H42N8.8BrH/c1-3-27-19-31-11-15-37(16-12-32-20-28(4-1)35-27)23-25-7-9-26(10-8-25)24-38-17-13-33-21-29-5-2-6-30(36-29)22-34-14-18-38;;;;;;;;/h1-10,31-34H,11-24H2;8*1H. The summed E-state index contributed by atoms with van der Waals surface area (Å²) in [6.07, 6.45) is 0. The highest BCUT2D eigenvalue weighted by Crippen LogP contribution is 2.02. The van der Waals surface area contributed by atoms with Crippen LogP contribution in [0.25, 0.3) is 0 Å². The lowest BCUT2D eigenvalue weighted by atomic mass is 10.1. The van der Waals surface area contributed by atoms with Crippen LogP contribution in [0.2, 0.25) is 0 Å². The van der Waals surface area contributed by atoms with Crippen molar-refractivity contribution in [2.24, 2.45) is 0 Å². The zero-order chi connectivity index (χ0) is 25.8. The monoisotopic (exact) mass is 1150 g/mol. The number of fused-ring (bicyclic) bond motifs is 4. The Morgan fingerprint density at radius 2 is 0.674 bits per heavy atom. The van der Waals surface area contributed by atoms with E-state index in [9.17, 15) is 0 Å². The Labute approximate surface area is 359 Å². The molecule has 266 valence electrons. The van der Waals surface area contributed by atoms with Gasteiger partial charge in [-0.15, -0.1) is 0 Å². The van der Waals surface area contributed by atoms with Crippen LogP contribution in [-0.4, -0.2) is 52.4 Å². The van der Waals surface area contributed by atoms with Crippen molar-refractivity contribution in [2.75, 3.05) is 52.4 Å². The lowest BCUT2D eigenvalue weighted by Gasteiger charge is -2.20. The Balaban J connectivity index is -0.00000110. The SMILES string of the molecule is [Br-].[Br-].[Br-].[Br-].[Br-].[Br-].[Br-].[Br-].c1cc2[nH+]c(c1)C[NH2+]CC[NH+](Cc1ccc(C[NH+]3CC[NH2+]Cc4cccc([nH+]4)C[NH2+]CC3)cc1)CC[NH2+]C2. The van der Waals surface area contributed by atoms with Crippen molar-refractivity contribution in [1.82, 2.24) is 0 Å². The molecule has 1 aromatic carbocycles. The van der Waals surface area contributed by atoms with E-state index in [0.717, 1.165) is 39.3 Å². The molecule has 0 atom stereocenters. The number of rotatable bonds is 4. The van der Waals surface area contributed by atoms with Gasteiger partial charge >= 0.3 is 0 Å². The van der Waals surface area contributed by atoms with Crippen molar-refractivity contribution in [3.63, 3.8) is 0 Å². The summed E-state index contributed by atoms with van der Waals surface area (Å²) >= 11 is 0. The summed E-state index contributed by atoms with van der Waals surface area (Å²) in [5.41, 5.74) is 8.26. The average Bonchev–Trinajstić information content (AvgIpc) is 2.93. The van der Waals surface area contributed by atoms with Crippen LogP contribution in [0.4, 0.5) is 0 Å². The summed E-state index contributed by atoms with van der Waals surface area (Å²) in [6.45, 7) is 15.9. The fourth-order valence-electron chi connectivity index (χ4n) is 5.83. The number of hydrogen-bond acceptors (Lipinski definition) is 0. The number of hydrogen-bond donors (Lipinski definition) is 6. The van der Waals surface area contributed by atoms with Crippen molar-refractivity contribution < 1.29 is 177 Å². The molecule has 0 unspecified atom stereocenters. The van der Waals surface area contributed by atoms with Crippen molar-refractivity contribution in [1.29, 1.82) is 0 Å². The zero-order valence-electron chi connectivity index (χ0n) is 26.0. The van der Waals surface area contributed by atoms with Gasteiger partial charge in [-0.3, -0.25) is 0 Å². The van der Waals surface area contributed by atoms with E-state index in [-0.39, 0.29) is 136 Å². The topological polar surface area (TPSA) is 104 Å². The van der Waals surface area contributed by atoms with Gasteiger partial charge in [-0.05, 0) is 12.1 Å². The highest BCUT2D eigenvalue weighted by molar-refractivity contribution is 5.21. The molecule has 12 N–H and O–H groups in total. The molecule has 0 radical (unpaired) electrons. The molecule has 2 aliphatic rings. The molecular formula is C30H50Br8N8. The normalized spacial score (nSPS) is 15.7. The molecule has 0 fully saturated rings. The average molecular weight is 1160 g/mol. The molecule has 4 bridgehead atoms. The van der Waals surface area contributed by atoms with E-state index in [1.165, 1.54) is 86.3 Å². The Morgan fingerprint density at radius 3 is 0.935 bits per heavy atom. The van der Waals surface area contributed by atoms with Gasteiger partial charge in [0.1, 0.15) is 65.4 Å². The van der Waals surface area contributed by atoms with Gasteiger partial charge < -0.3 is 167 Å². The van der Waals surface area contributed by atoms with Gasteiger partial charge in [0.05, 0.1) is 0 Å². The summed E-state index contributed by atoms with van der Waals surface area (Å²) in [5.74, 6) is 0. The maximum Gasteiger partial charge on any atom is 0.235 e. The second-order valence-electron chi connectivity index (χ2n) is 11.2. The largest absolute Gasteiger partial charge is 1.00 e. The third kappa shape index (κ3) is 19.5. The molecule has 8 nitrogen and oxygen atoms in total. The second-order valence-corrected chi connectivity index (χ2v) is 11.2. The van der Waals surface area contributed by atoms with Crippen molar-refractivity contribution in [3.8, 4) is 0 Å². The van der Waals surface area contributed by atoms with Crippen LogP contribution < -0.4 is 177 Å². The van der Waals surface area contributed by atoms with E-state index < -0.39 is 0 Å². The van der Waals surface area contributed by atoms with Crippen LogP contribution in [0, 0.1) is 0 Å². The minimum Gasteiger partial charge on any atom is -1.00 e. The van der Waals surface area contributed by atoms with Gasteiger partial charge in [-0.25, -0.2) is 9.97 Å². The number of aromatic amines is 2. The lowest BCUT2D eigenvalue weighted by Crippen LogP contribution is -3.15. The van der Waals surface area contributed by atoms with Crippen LogP contribution in [0.3, 0.4) is 0 Å². The first-order valence-electron chi connectivity index (χ1n) is 14.8. The summed E-state index contributed by atoms with van der Waals surface area (Å²) < 4.78 is 0. The van der Waals surface area contributed by atoms with Gasteiger partial charge in [-0.1, -0.05) is 24.3 Å². The molecule has 0 amide bonds. The van der Waals surface area contributed by atoms with Gasteiger partial charge in [-0.2, -0.15) is 0 Å². The number of H-pyrrole nitrogens is 2. The number of nitrogens with one attached hydrogen (secondary N) is 4. The van der Waals surface area contributed by atoms with Crippen LogP contribution in [0.1, 0.15) is 33.9 Å². The van der Waals surface area contributed by atoms with Crippen LogP contribution in [0.5, 0.6) is 0 Å². The highest BCUT2D eigenvalue weighted by atomic mass is 79.9. The third-order valence-electron chi connectivity index (χ3n) is 8.03. The van der Waals surface area contributed by atoms with Crippen LogP contribution in [-0.2, 0) is 39.3 Å². The fourth-order valence-corrected chi connectivity index (χ4v) is 5.83. The lowest BCUT2D eigenvalue weighted by molar-refractivity contribution is -0.938. The van der Waals surface area contributed by atoms with E-state index in [0.29, 0.717) is 0 Å². The van der Waals surface area contributed by atoms with Gasteiger partial charge in [0, 0.05) is 35.4 Å². The third-order valence-corrected chi connectivity index (χ3v) is 8.03. The van der Waals surface area contributed by atoms with Crippen molar-refractivity contribution in [3.05, 3.63) is 94.6 Å². The van der Waals surface area contributed by atoms with Crippen molar-refractivity contribution >= 4 is 0 Å². The summed E-state index contributed by atoms with van der Waals surface area (Å²) in [4.78, 5) is 10.6. The summed E-state index contributed by atoms with van der Waals surface area (Å²) in [5, 5.41) is 9.81. The molecule has 5 rings (SSSR count). The number of benzene rings is 1. The second kappa shape index (κ2) is 30.9. The molecule has 46 heavy (non-hydrogen) atoms. The number of quaternary nitrogens is 6. The molecule has 2 aromatic heterocycles. The van der Waals surface area contributed by atoms with E-state index in [4.69, 9.17) is 0 Å². The molecule has 0 saturated carbocycles. The van der Waals surface area contributed by atoms with Gasteiger partial charge in [0.2, 0.25) is 22.8 Å². The van der Waals surface area contributed by atoms with Crippen LogP contribution in [0.15, 0.2) is 60.7 Å². The Hall–Kier alpha value is 1.12. The predicted molar refractivity (Wildman–Crippen MR) is 143 cm³/mol. The smallest absolute Gasteiger partial charge is 0.235 e. The molecule has 16 heteroatoms. The fraction of sp³-hybridized carbons (Fsp3) is 0.467. The number of pyridine rings is 2. The first-order valence-corrected chi connectivity index (χ1v) is 14.8. The first-order chi connectivity index (χ1) is 18.8. The molecule has 3 aromatic rings. The Kier molecular flexibility index (Phi) is 36.2. The van der Waals surface area contributed by atoms with E-state index in [1.807, 2.05) is 0 Å². The van der Waals surface area contributed by atoms with Gasteiger partial charge in [0.25, 0.3) is 0 Å².